The Bertz CT molecular complexity index is 351. The summed E-state index contributed by atoms with van der Waals surface area (Å²) in [6, 6.07) is 1.50. The van der Waals surface area contributed by atoms with Gasteiger partial charge in [-0.1, -0.05) is 39.2 Å². The molecule has 0 saturated heterocycles. The van der Waals surface area contributed by atoms with Crippen molar-refractivity contribution in [3.8, 4) is 0 Å². The molecule has 5 nitrogen and oxygen atoms in total. The molecule has 0 amide bonds. The fraction of sp³-hybridized carbons (Fsp3) is 0.857. The molecular formula is C14H28N4O. The number of anilines is 1. The number of hydrogen-bond acceptors (Lipinski definition) is 5. The van der Waals surface area contributed by atoms with Crippen molar-refractivity contribution < 1.29 is 4.42 Å². The first kappa shape index (κ1) is 16.0. The zero-order chi connectivity index (χ0) is 14.3. The first-order valence-corrected chi connectivity index (χ1v) is 7.40. The molecule has 0 fully saturated rings. The van der Waals surface area contributed by atoms with E-state index < -0.39 is 0 Å². The summed E-state index contributed by atoms with van der Waals surface area (Å²) >= 11 is 0. The number of hydrogen-bond donors (Lipinski definition) is 1. The smallest absolute Gasteiger partial charge is 0.318 e. The molecule has 1 aromatic rings. The van der Waals surface area contributed by atoms with E-state index in [0.29, 0.717) is 30.5 Å². The number of nitrogens with zero attached hydrogens (tertiary/aromatic N) is 3. The van der Waals surface area contributed by atoms with Gasteiger partial charge >= 0.3 is 6.01 Å². The van der Waals surface area contributed by atoms with Crippen LogP contribution in [0.3, 0.4) is 0 Å². The second-order valence-corrected chi connectivity index (χ2v) is 5.32. The Morgan fingerprint density at radius 3 is 2.53 bits per heavy atom. The molecule has 0 aromatic carbocycles. The van der Waals surface area contributed by atoms with Crippen molar-refractivity contribution in [1.82, 2.24) is 15.5 Å². The Hall–Kier alpha value is -1.10. The van der Waals surface area contributed by atoms with Gasteiger partial charge < -0.3 is 14.6 Å². The van der Waals surface area contributed by atoms with Crippen molar-refractivity contribution in [2.75, 3.05) is 11.4 Å². The van der Waals surface area contributed by atoms with E-state index in [9.17, 15) is 0 Å². The highest BCUT2D eigenvalue weighted by molar-refractivity contribution is 5.25. The Labute approximate surface area is 116 Å². The molecule has 0 saturated carbocycles. The molecule has 0 radical (unpaired) electrons. The highest BCUT2D eigenvalue weighted by Gasteiger charge is 2.18. The van der Waals surface area contributed by atoms with Crippen LogP contribution in [-0.4, -0.2) is 28.8 Å². The molecule has 0 bridgehead atoms. The van der Waals surface area contributed by atoms with Crippen molar-refractivity contribution >= 4 is 6.01 Å². The van der Waals surface area contributed by atoms with Crippen LogP contribution in [0.1, 0.15) is 59.8 Å². The van der Waals surface area contributed by atoms with Crippen LogP contribution in [0.25, 0.3) is 0 Å². The van der Waals surface area contributed by atoms with Gasteiger partial charge in [0.1, 0.15) is 0 Å². The molecule has 0 aliphatic carbocycles. The molecule has 1 rings (SSSR count). The largest absolute Gasteiger partial charge is 0.407 e. The second-order valence-electron chi connectivity index (χ2n) is 5.32. The van der Waals surface area contributed by atoms with Crippen LogP contribution in [0.15, 0.2) is 4.42 Å². The van der Waals surface area contributed by atoms with Gasteiger partial charge in [0.15, 0.2) is 0 Å². The lowest BCUT2D eigenvalue weighted by Gasteiger charge is -2.26. The van der Waals surface area contributed by atoms with E-state index in [1.165, 1.54) is 6.42 Å². The minimum absolute atomic E-state index is 0.418. The normalized spacial score (nSPS) is 12.9. The molecular weight excluding hydrogens is 240 g/mol. The lowest BCUT2D eigenvalue weighted by Crippen LogP contribution is -2.33. The van der Waals surface area contributed by atoms with Crippen LogP contribution in [0.4, 0.5) is 6.01 Å². The summed E-state index contributed by atoms with van der Waals surface area (Å²) in [6.07, 6.45) is 3.39. The van der Waals surface area contributed by atoms with Crippen LogP contribution < -0.4 is 10.2 Å². The van der Waals surface area contributed by atoms with E-state index in [4.69, 9.17) is 4.42 Å². The summed E-state index contributed by atoms with van der Waals surface area (Å²) < 4.78 is 5.76. The third-order valence-electron chi connectivity index (χ3n) is 3.24. The summed E-state index contributed by atoms with van der Waals surface area (Å²) in [5, 5.41) is 11.6. The Morgan fingerprint density at radius 1 is 1.21 bits per heavy atom. The molecule has 19 heavy (non-hydrogen) atoms. The molecule has 0 aliphatic rings. The van der Waals surface area contributed by atoms with Gasteiger partial charge in [0.05, 0.1) is 6.54 Å². The quantitative estimate of drug-likeness (QED) is 0.746. The lowest BCUT2D eigenvalue weighted by molar-refractivity contribution is 0.432. The third kappa shape index (κ3) is 5.19. The molecule has 0 aliphatic heterocycles. The molecule has 1 atom stereocenters. The van der Waals surface area contributed by atoms with Crippen LogP contribution in [-0.2, 0) is 6.54 Å². The van der Waals surface area contributed by atoms with Gasteiger partial charge in [0.25, 0.3) is 0 Å². The zero-order valence-electron chi connectivity index (χ0n) is 12.9. The molecule has 110 valence electrons. The molecule has 1 aromatic heterocycles. The maximum absolute atomic E-state index is 5.76. The first-order valence-electron chi connectivity index (χ1n) is 7.40. The number of aromatic nitrogens is 2. The van der Waals surface area contributed by atoms with Gasteiger partial charge in [-0.25, -0.2) is 0 Å². The van der Waals surface area contributed by atoms with E-state index in [1.54, 1.807) is 0 Å². The Balaban J connectivity index is 2.67. The fourth-order valence-electron chi connectivity index (χ4n) is 1.78. The number of unbranched alkanes of at least 4 members (excludes halogenated alkanes) is 1. The number of nitrogens with one attached hydrogen (secondary N) is 1. The Morgan fingerprint density at radius 2 is 1.95 bits per heavy atom. The topological polar surface area (TPSA) is 54.2 Å². The van der Waals surface area contributed by atoms with Crippen LogP contribution in [0, 0.1) is 0 Å². The molecule has 5 heteroatoms. The van der Waals surface area contributed by atoms with E-state index in [2.05, 4.69) is 55.0 Å². The monoisotopic (exact) mass is 268 g/mol. The van der Waals surface area contributed by atoms with Gasteiger partial charge in [0.2, 0.25) is 5.89 Å². The number of rotatable bonds is 9. The van der Waals surface area contributed by atoms with Crippen molar-refractivity contribution in [2.24, 2.45) is 0 Å². The van der Waals surface area contributed by atoms with Crippen molar-refractivity contribution in [1.29, 1.82) is 0 Å². The van der Waals surface area contributed by atoms with E-state index in [1.807, 2.05) is 0 Å². The molecule has 0 spiro atoms. The summed E-state index contributed by atoms with van der Waals surface area (Å²) in [6.45, 7) is 12.4. The second kappa shape index (κ2) is 8.15. The highest BCUT2D eigenvalue weighted by Crippen LogP contribution is 2.17. The van der Waals surface area contributed by atoms with E-state index in [0.717, 1.165) is 19.4 Å². The van der Waals surface area contributed by atoms with Crippen LogP contribution >= 0.6 is 0 Å². The lowest BCUT2D eigenvalue weighted by atomic mass is 10.2. The average molecular weight is 268 g/mol. The molecule has 1 N–H and O–H groups in total. The maximum Gasteiger partial charge on any atom is 0.318 e. The van der Waals surface area contributed by atoms with E-state index in [-0.39, 0.29) is 0 Å². The summed E-state index contributed by atoms with van der Waals surface area (Å²) in [7, 11) is 0. The average Bonchev–Trinajstić information content (AvgIpc) is 2.85. The summed E-state index contributed by atoms with van der Waals surface area (Å²) in [4.78, 5) is 2.22. The van der Waals surface area contributed by atoms with Crippen molar-refractivity contribution in [3.05, 3.63) is 5.89 Å². The molecule has 1 heterocycles. The van der Waals surface area contributed by atoms with Crippen LogP contribution in [0.2, 0.25) is 0 Å². The predicted molar refractivity (Wildman–Crippen MR) is 78.3 cm³/mol. The van der Waals surface area contributed by atoms with Crippen molar-refractivity contribution in [2.45, 2.75) is 72.5 Å². The third-order valence-corrected chi connectivity index (χ3v) is 3.24. The summed E-state index contributed by atoms with van der Waals surface area (Å²) in [5.41, 5.74) is 0. The predicted octanol–water partition coefficient (Wildman–Crippen LogP) is 2.97. The molecule has 1 unspecified atom stereocenters. The SMILES string of the molecule is CCCCN(c1nnc(CNC(C)C)o1)C(C)CC. The standard InChI is InChI=1S/C14H28N4O/c1-6-8-9-18(12(5)7-2)14-17-16-13(19-14)10-15-11(3)4/h11-12,15H,6-10H2,1-5H3. The van der Waals surface area contributed by atoms with Gasteiger partial charge in [-0.3, -0.25) is 0 Å². The maximum atomic E-state index is 5.76. The zero-order valence-corrected chi connectivity index (χ0v) is 12.9. The van der Waals surface area contributed by atoms with Gasteiger partial charge in [-0.2, -0.15) is 0 Å². The van der Waals surface area contributed by atoms with E-state index >= 15 is 0 Å². The fourth-order valence-corrected chi connectivity index (χ4v) is 1.78. The van der Waals surface area contributed by atoms with Gasteiger partial charge in [0, 0.05) is 18.6 Å². The summed E-state index contributed by atoms with van der Waals surface area (Å²) in [5.74, 6) is 0.661. The van der Waals surface area contributed by atoms with Gasteiger partial charge in [-0.15, -0.1) is 5.10 Å². The minimum Gasteiger partial charge on any atom is -0.407 e. The van der Waals surface area contributed by atoms with Gasteiger partial charge in [-0.05, 0) is 19.8 Å². The van der Waals surface area contributed by atoms with Crippen molar-refractivity contribution in [3.63, 3.8) is 0 Å². The highest BCUT2D eigenvalue weighted by atomic mass is 16.4. The van der Waals surface area contributed by atoms with Crippen LogP contribution in [0.5, 0.6) is 0 Å². The first-order chi connectivity index (χ1) is 9.08. The Kier molecular flexibility index (Phi) is 6.84. The minimum atomic E-state index is 0.418.